The predicted molar refractivity (Wildman–Crippen MR) is 113 cm³/mol. The number of ether oxygens (including phenoxy) is 1. The normalized spacial score (nSPS) is 15.7. The first-order valence-electron chi connectivity index (χ1n) is 7.88. The molecule has 0 aromatic heterocycles. The van der Waals surface area contributed by atoms with E-state index in [2.05, 4.69) is 31.9 Å². The number of halogens is 2. The van der Waals surface area contributed by atoms with Gasteiger partial charge < -0.3 is 9.84 Å². The number of hydrogen-bond acceptors (Lipinski definition) is 5. The zero-order valence-corrected chi connectivity index (χ0v) is 18.4. The largest absolute Gasteiger partial charge is 0.503 e. The summed E-state index contributed by atoms with van der Waals surface area (Å²) in [5.41, 5.74) is 2.56. The molecule has 0 bridgehead atoms. The number of phenolic OH excluding ortho intramolecular Hbond substituents is 1. The number of hydrogen-bond donors (Lipinski definition) is 1. The van der Waals surface area contributed by atoms with Crippen molar-refractivity contribution in [1.29, 1.82) is 0 Å². The monoisotopic (exact) mass is 511 g/mol. The molecular weight excluding hydrogens is 498 g/mol. The predicted octanol–water partition coefficient (Wildman–Crippen LogP) is 5.47. The van der Waals surface area contributed by atoms with Gasteiger partial charge in [-0.3, -0.25) is 14.5 Å². The second-order valence-corrected chi connectivity index (χ2v) is 8.42. The molecule has 5 nitrogen and oxygen atoms in total. The van der Waals surface area contributed by atoms with E-state index in [-0.39, 0.29) is 29.2 Å². The summed E-state index contributed by atoms with van der Waals surface area (Å²) in [5, 5.41) is 9.72. The molecule has 2 aromatic rings. The number of carbonyl (C=O) groups is 2. The molecule has 0 spiro atoms. The first-order valence-corrected chi connectivity index (χ1v) is 10.3. The topological polar surface area (TPSA) is 66.8 Å². The van der Waals surface area contributed by atoms with Gasteiger partial charge in [-0.05, 0) is 79.4 Å². The number of thioether (sulfide) groups is 1. The Kier molecular flexibility index (Phi) is 5.98. The van der Waals surface area contributed by atoms with Gasteiger partial charge in [0.2, 0.25) is 0 Å². The molecule has 0 radical (unpaired) electrons. The first-order chi connectivity index (χ1) is 12.8. The lowest BCUT2D eigenvalue weighted by Crippen LogP contribution is -2.27. The highest BCUT2D eigenvalue weighted by Crippen LogP contribution is 2.43. The Labute approximate surface area is 177 Å². The molecule has 2 amide bonds. The summed E-state index contributed by atoms with van der Waals surface area (Å²) in [7, 11) is 1.44. The summed E-state index contributed by atoms with van der Waals surface area (Å²) in [5.74, 6) is -0.132. The average Bonchev–Trinajstić information content (AvgIpc) is 2.91. The minimum Gasteiger partial charge on any atom is -0.503 e. The van der Waals surface area contributed by atoms with Crippen LogP contribution in [-0.4, -0.2) is 28.3 Å². The van der Waals surface area contributed by atoms with Crippen LogP contribution in [0.25, 0.3) is 6.08 Å². The average molecular weight is 513 g/mol. The number of imide groups is 1. The Bertz CT molecular complexity index is 974. The molecule has 1 saturated heterocycles. The maximum Gasteiger partial charge on any atom is 0.293 e. The Balaban J connectivity index is 1.93. The van der Waals surface area contributed by atoms with Crippen molar-refractivity contribution in [3.05, 3.63) is 60.9 Å². The van der Waals surface area contributed by atoms with Crippen molar-refractivity contribution in [1.82, 2.24) is 4.90 Å². The molecule has 0 saturated carbocycles. The molecule has 1 N–H and O–H groups in total. The van der Waals surface area contributed by atoms with E-state index in [0.29, 0.717) is 19.4 Å². The van der Waals surface area contributed by atoms with Gasteiger partial charge in [0.05, 0.1) is 23.0 Å². The van der Waals surface area contributed by atoms with E-state index in [1.54, 1.807) is 12.1 Å². The van der Waals surface area contributed by atoms with Gasteiger partial charge in [0.25, 0.3) is 11.1 Å². The van der Waals surface area contributed by atoms with Crippen molar-refractivity contribution in [2.24, 2.45) is 0 Å². The fraction of sp³-hybridized carbons (Fsp3) is 0.158. The van der Waals surface area contributed by atoms with E-state index in [1.807, 2.05) is 31.2 Å². The number of aryl methyl sites for hydroxylation is 1. The lowest BCUT2D eigenvalue weighted by atomic mass is 10.1. The van der Waals surface area contributed by atoms with Gasteiger partial charge in [-0.2, -0.15) is 0 Å². The summed E-state index contributed by atoms with van der Waals surface area (Å²) in [4.78, 5) is 26.7. The van der Waals surface area contributed by atoms with Crippen LogP contribution in [-0.2, 0) is 11.3 Å². The van der Waals surface area contributed by atoms with Crippen LogP contribution in [0.1, 0.15) is 16.7 Å². The van der Waals surface area contributed by atoms with Crippen molar-refractivity contribution >= 4 is 60.8 Å². The minimum absolute atomic E-state index is 0.0471. The molecule has 1 fully saturated rings. The molecule has 1 aliphatic rings. The SMILES string of the molecule is COc1cc(/C=C2\SC(=O)N(Cc3ccccc3C)C2=O)c(Br)c(Br)c1O. The van der Waals surface area contributed by atoms with Crippen LogP contribution < -0.4 is 4.74 Å². The summed E-state index contributed by atoms with van der Waals surface area (Å²) < 4.78 is 6.12. The maximum atomic E-state index is 12.8. The van der Waals surface area contributed by atoms with Gasteiger partial charge in [-0.15, -0.1) is 0 Å². The molecule has 1 heterocycles. The van der Waals surface area contributed by atoms with E-state index < -0.39 is 0 Å². The number of phenols is 1. The fourth-order valence-corrected chi connectivity index (χ4v) is 4.28. The van der Waals surface area contributed by atoms with Crippen molar-refractivity contribution in [3.8, 4) is 11.5 Å². The van der Waals surface area contributed by atoms with E-state index in [4.69, 9.17) is 4.74 Å². The molecule has 0 atom stereocenters. The fourth-order valence-electron chi connectivity index (χ4n) is 2.61. The van der Waals surface area contributed by atoms with Crippen LogP contribution in [0.2, 0.25) is 0 Å². The molecule has 2 aromatic carbocycles. The summed E-state index contributed by atoms with van der Waals surface area (Å²) >= 11 is 7.57. The van der Waals surface area contributed by atoms with E-state index in [1.165, 1.54) is 12.0 Å². The summed E-state index contributed by atoms with van der Waals surface area (Å²) in [6, 6.07) is 9.25. The summed E-state index contributed by atoms with van der Waals surface area (Å²) in [6.07, 6.45) is 1.61. The highest BCUT2D eigenvalue weighted by molar-refractivity contribution is 9.13. The number of amides is 2. The molecule has 8 heteroatoms. The third-order valence-electron chi connectivity index (χ3n) is 4.14. The highest BCUT2D eigenvalue weighted by Gasteiger charge is 2.35. The smallest absolute Gasteiger partial charge is 0.293 e. The Morgan fingerprint density at radius 2 is 1.93 bits per heavy atom. The lowest BCUT2D eigenvalue weighted by Gasteiger charge is -2.14. The first kappa shape index (κ1) is 20.0. The van der Waals surface area contributed by atoms with Crippen LogP contribution in [0.3, 0.4) is 0 Å². The minimum atomic E-state index is -0.344. The number of rotatable bonds is 4. The van der Waals surface area contributed by atoms with E-state index in [9.17, 15) is 14.7 Å². The van der Waals surface area contributed by atoms with Crippen LogP contribution in [0.4, 0.5) is 4.79 Å². The van der Waals surface area contributed by atoms with Gasteiger partial charge in [0, 0.05) is 4.47 Å². The van der Waals surface area contributed by atoms with Crippen LogP contribution in [0.15, 0.2) is 44.2 Å². The molecular formula is C19H15Br2NO4S. The van der Waals surface area contributed by atoms with Crippen molar-refractivity contribution in [2.75, 3.05) is 7.11 Å². The van der Waals surface area contributed by atoms with Gasteiger partial charge in [0.1, 0.15) is 0 Å². The molecule has 1 aliphatic heterocycles. The van der Waals surface area contributed by atoms with Crippen molar-refractivity contribution < 1.29 is 19.4 Å². The van der Waals surface area contributed by atoms with Gasteiger partial charge in [-0.1, -0.05) is 24.3 Å². The Hall–Kier alpha value is -1.77. The molecule has 3 rings (SSSR count). The second kappa shape index (κ2) is 8.08. The number of methoxy groups -OCH3 is 1. The van der Waals surface area contributed by atoms with Crippen molar-refractivity contribution in [2.45, 2.75) is 13.5 Å². The third-order valence-corrected chi connectivity index (χ3v) is 7.21. The Morgan fingerprint density at radius 3 is 2.59 bits per heavy atom. The van der Waals surface area contributed by atoms with Gasteiger partial charge in [-0.25, -0.2) is 0 Å². The van der Waals surface area contributed by atoms with Crippen LogP contribution >= 0.6 is 43.6 Å². The van der Waals surface area contributed by atoms with Gasteiger partial charge in [0.15, 0.2) is 11.5 Å². The Morgan fingerprint density at radius 1 is 1.22 bits per heavy atom. The lowest BCUT2D eigenvalue weighted by molar-refractivity contribution is -0.123. The quantitative estimate of drug-likeness (QED) is 0.550. The number of aromatic hydroxyl groups is 1. The molecule has 0 unspecified atom stereocenters. The number of nitrogens with zero attached hydrogens (tertiary/aromatic N) is 1. The number of benzene rings is 2. The highest BCUT2D eigenvalue weighted by atomic mass is 79.9. The van der Waals surface area contributed by atoms with Crippen LogP contribution in [0.5, 0.6) is 11.5 Å². The van der Waals surface area contributed by atoms with Crippen LogP contribution in [0, 0.1) is 6.92 Å². The standard InChI is InChI=1S/C19H15Br2NO4S/c1-10-5-3-4-6-11(10)9-22-18(24)14(27-19(22)25)8-12-7-13(26-2)17(23)16(21)15(12)20/h3-8,23H,9H2,1-2H3/b14-8-. The maximum absolute atomic E-state index is 12.8. The molecule has 0 aliphatic carbocycles. The summed E-state index contributed by atoms with van der Waals surface area (Å²) in [6.45, 7) is 2.18. The van der Waals surface area contributed by atoms with Crippen molar-refractivity contribution in [3.63, 3.8) is 0 Å². The zero-order chi connectivity index (χ0) is 19.7. The molecule has 140 valence electrons. The third kappa shape index (κ3) is 3.93. The van der Waals surface area contributed by atoms with E-state index in [0.717, 1.165) is 22.9 Å². The molecule has 27 heavy (non-hydrogen) atoms. The van der Waals surface area contributed by atoms with E-state index >= 15 is 0 Å². The second-order valence-electron chi connectivity index (χ2n) is 5.84. The van der Waals surface area contributed by atoms with Gasteiger partial charge >= 0.3 is 0 Å². The zero-order valence-electron chi connectivity index (χ0n) is 14.5. The number of carbonyl (C=O) groups excluding carboxylic acids is 2.